The zero-order valence-corrected chi connectivity index (χ0v) is 21.5. The maximum atomic E-state index is 14.1. The average Bonchev–Trinajstić information content (AvgIpc) is 3.59. The molecule has 1 amide bonds. The summed E-state index contributed by atoms with van der Waals surface area (Å²) in [4.78, 5) is 41.7. The molecule has 4 aromatic heterocycles. The molecule has 6 aromatic rings. The normalized spacial score (nSPS) is 12.3. The molecule has 3 N–H and O–H groups in total. The van der Waals surface area contributed by atoms with Crippen LogP contribution in [0.3, 0.4) is 0 Å². The largest absolute Gasteiger partial charge is 0.381 e. The lowest BCUT2D eigenvalue weighted by Gasteiger charge is -2.20. The quantitative estimate of drug-likeness (QED) is 0.328. The number of hydrogen-bond donors (Lipinski definition) is 2. The Hall–Kier alpha value is -5.16. The Kier molecular flexibility index (Phi) is 6.17. The molecule has 0 spiro atoms. The Morgan fingerprint density at radius 2 is 1.95 bits per heavy atom. The summed E-state index contributed by atoms with van der Waals surface area (Å²) in [5.41, 5.74) is 9.94. The summed E-state index contributed by atoms with van der Waals surface area (Å²) in [6.07, 6.45) is 8.80. The number of carbonyl (C=O) groups excluding carboxylic acids is 1. The second kappa shape index (κ2) is 9.95. The minimum Gasteiger partial charge on any atom is -0.381 e. The van der Waals surface area contributed by atoms with Gasteiger partial charge in [0.15, 0.2) is 11.5 Å². The first-order valence-electron chi connectivity index (χ1n) is 12.1. The molecule has 6 rings (SSSR count). The van der Waals surface area contributed by atoms with Crippen molar-refractivity contribution in [3.8, 4) is 5.69 Å². The fourth-order valence-electron chi connectivity index (χ4n) is 4.46. The van der Waals surface area contributed by atoms with Crippen molar-refractivity contribution in [2.45, 2.75) is 13.0 Å². The van der Waals surface area contributed by atoms with Crippen LogP contribution in [0.1, 0.15) is 39.6 Å². The molecular formula is C28H22N8O2S. The molecule has 1 atom stereocenters. The topological polar surface area (TPSA) is 133 Å². The molecule has 0 bridgehead atoms. The van der Waals surface area contributed by atoms with Crippen molar-refractivity contribution >= 4 is 51.8 Å². The van der Waals surface area contributed by atoms with Crippen LogP contribution in [0.2, 0.25) is 0 Å². The number of rotatable bonds is 6. The number of nitrogens with two attached hydrogens (primary N) is 1. The van der Waals surface area contributed by atoms with Gasteiger partial charge in [-0.05, 0) is 42.8 Å². The van der Waals surface area contributed by atoms with Gasteiger partial charge in [0.05, 0.1) is 28.1 Å². The maximum absolute atomic E-state index is 14.1. The number of nitrogens with one attached hydrogen (secondary N) is 1. The predicted octanol–water partition coefficient (Wildman–Crippen LogP) is 4.13. The summed E-state index contributed by atoms with van der Waals surface area (Å²) in [7, 11) is 0. The van der Waals surface area contributed by atoms with Gasteiger partial charge in [-0.3, -0.25) is 19.1 Å². The molecule has 0 saturated carbocycles. The van der Waals surface area contributed by atoms with Gasteiger partial charge < -0.3 is 11.1 Å². The van der Waals surface area contributed by atoms with Gasteiger partial charge in [-0.15, -0.1) is 16.4 Å². The number of thiazole rings is 1. The molecule has 0 aliphatic rings. The lowest BCUT2D eigenvalue weighted by atomic mass is 10.1. The Morgan fingerprint density at radius 1 is 1.10 bits per heavy atom. The molecule has 11 heteroatoms. The van der Waals surface area contributed by atoms with Crippen LogP contribution in [0, 0.1) is 0 Å². The number of nitrogen functional groups attached to an aromatic ring is 1. The lowest BCUT2D eigenvalue weighted by Crippen LogP contribution is -2.33. The molecule has 39 heavy (non-hydrogen) atoms. The van der Waals surface area contributed by atoms with Crippen molar-refractivity contribution in [2.24, 2.45) is 0 Å². The number of carbonyl (C=O) groups is 1. The van der Waals surface area contributed by atoms with E-state index in [9.17, 15) is 9.59 Å². The van der Waals surface area contributed by atoms with E-state index in [1.807, 2.05) is 54.6 Å². The lowest BCUT2D eigenvalue weighted by molar-refractivity contribution is 0.0940. The highest BCUT2D eigenvalue weighted by atomic mass is 32.1. The summed E-state index contributed by atoms with van der Waals surface area (Å²) in [6.45, 7) is 1.77. The number of para-hydroxylation sites is 1. The van der Waals surface area contributed by atoms with E-state index in [1.54, 1.807) is 43.2 Å². The zero-order chi connectivity index (χ0) is 26.9. The second-order valence-electron chi connectivity index (χ2n) is 8.77. The van der Waals surface area contributed by atoms with Gasteiger partial charge in [0.2, 0.25) is 0 Å². The molecule has 0 aliphatic heterocycles. The van der Waals surface area contributed by atoms with Crippen LogP contribution < -0.4 is 16.6 Å². The van der Waals surface area contributed by atoms with E-state index in [-0.39, 0.29) is 16.9 Å². The summed E-state index contributed by atoms with van der Waals surface area (Å²) < 4.78 is 2.99. The number of aromatic nitrogens is 6. The van der Waals surface area contributed by atoms with Crippen molar-refractivity contribution in [3.05, 3.63) is 111 Å². The maximum Gasteiger partial charge on any atom is 0.266 e. The van der Waals surface area contributed by atoms with Crippen molar-refractivity contribution in [1.29, 1.82) is 0 Å². The summed E-state index contributed by atoms with van der Waals surface area (Å²) in [5, 5.41) is 7.58. The van der Waals surface area contributed by atoms with E-state index < -0.39 is 11.9 Å². The predicted molar refractivity (Wildman–Crippen MR) is 152 cm³/mol. The Morgan fingerprint density at radius 3 is 2.74 bits per heavy atom. The van der Waals surface area contributed by atoms with Crippen molar-refractivity contribution in [3.63, 3.8) is 0 Å². The molecule has 192 valence electrons. The van der Waals surface area contributed by atoms with Gasteiger partial charge in [0.1, 0.15) is 11.4 Å². The first-order chi connectivity index (χ1) is 19.0. The summed E-state index contributed by atoms with van der Waals surface area (Å²) in [6, 6.07) is 15.8. The van der Waals surface area contributed by atoms with E-state index in [4.69, 9.17) is 10.7 Å². The van der Waals surface area contributed by atoms with Crippen LogP contribution in [0.15, 0.2) is 83.5 Å². The van der Waals surface area contributed by atoms with Crippen LogP contribution >= 0.6 is 11.3 Å². The highest BCUT2D eigenvalue weighted by Gasteiger charge is 2.24. The van der Waals surface area contributed by atoms with Crippen LogP contribution in [0.5, 0.6) is 0 Å². The van der Waals surface area contributed by atoms with E-state index in [1.165, 1.54) is 20.4 Å². The van der Waals surface area contributed by atoms with Gasteiger partial charge in [-0.2, -0.15) is 0 Å². The van der Waals surface area contributed by atoms with Gasteiger partial charge in [0, 0.05) is 23.5 Å². The Labute approximate surface area is 226 Å². The van der Waals surface area contributed by atoms with Gasteiger partial charge in [-0.1, -0.05) is 36.4 Å². The fraction of sp³-hybridized carbons (Fsp3) is 0.0714. The molecule has 10 nitrogen and oxygen atoms in total. The summed E-state index contributed by atoms with van der Waals surface area (Å²) >= 11 is 1.51. The molecule has 0 fully saturated rings. The monoisotopic (exact) mass is 534 g/mol. The fourth-order valence-corrected chi connectivity index (χ4v) is 4.98. The third kappa shape index (κ3) is 4.44. The van der Waals surface area contributed by atoms with Crippen LogP contribution in [0.4, 0.5) is 5.82 Å². The van der Waals surface area contributed by atoms with Crippen molar-refractivity contribution < 1.29 is 4.79 Å². The zero-order valence-electron chi connectivity index (χ0n) is 20.7. The summed E-state index contributed by atoms with van der Waals surface area (Å²) in [5.74, 6) is -0.0368. The molecule has 4 heterocycles. The number of anilines is 1. The number of hydrogen-bond acceptors (Lipinski definition) is 8. The third-order valence-electron chi connectivity index (χ3n) is 6.23. The molecule has 2 aromatic carbocycles. The molecule has 0 saturated heterocycles. The van der Waals surface area contributed by atoms with Gasteiger partial charge in [-0.25, -0.2) is 14.5 Å². The number of amides is 1. The SMILES string of the molecule is CC(NC(=O)c1c(N)nn2cccnc12)c1nc2cccc(/C=C/c3cncs3)c2c(=O)n1-c1ccccc1. The highest BCUT2D eigenvalue weighted by molar-refractivity contribution is 7.10. The average molecular weight is 535 g/mol. The first kappa shape index (κ1) is 24.2. The van der Waals surface area contributed by atoms with E-state index in [2.05, 4.69) is 20.4 Å². The van der Waals surface area contributed by atoms with E-state index >= 15 is 0 Å². The van der Waals surface area contributed by atoms with E-state index in [0.29, 0.717) is 28.1 Å². The molecule has 1 unspecified atom stereocenters. The molecule has 0 aliphatic carbocycles. The number of nitrogens with zero attached hydrogens (tertiary/aromatic N) is 6. The van der Waals surface area contributed by atoms with Crippen LogP contribution in [-0.4, -0.2) is 35.0 Å². The number of fused-ring (bicyclic) bond motifs is 2. The van der Waals surface area contributed by atoms with Crippen molar-refractivity contribution in [2.75, 3.05) is 5.73 Å². The minimum atomic E-state index is -0.663. The molecular weight excluding hydrogens is 512 g/mol. The Bertz CT molecular complexity index is 1910. The number of benzene rings is 2. The van der Waals surface area contributed by atoms with Gasteiger partial charge in [0.25, 0.3) is 11.5 Å². The Balaban J connectivity index is 1.47. The minimum absolute atomic E-state index is 0.0580. The van der Waals surface area contributed by atoms with Crippen LogP contribution in [0.25, 0.3) is 34.4 Å². The smallest absolute Gasteiger partial charge is 0.266 e. The van der Waals surface area contributed by atoms with Crippen LogP contribution in [-0.2, 0) is 0 Å². The van der Waals surface area contributed by atoms with Crippen molar-refractivity contribution in [1.82, 2.24) is 34.4 Å². The highest BCUT2D eigenvalue weighted by Crippen LogP contribution is 2.23. The third-order valence-corrected chi connectivity index (χ3v) is 6.97. The second-order valence-corrected chi connectivity index (χ2v) is 9.69. The molecule has 0 radical (unpaired) electrons. The van der Waals surface area contributed by atoms with E-state index in [0.717, 1.165) is 10.4 Å². The first-order valence-corrected chi connectivity index (χ1v) is 13.0. The van der Waals surface area contributed by atoms with Gasteiger partial charge >= 0.3 is 0 Å². The standard InChI is InChI=1S/C28H22N8O2S/c1-17(32-27(37)23-24(29)34-35-14-6-13-31-26(23)35)25-33-21-10-5-7-18(11-12-20-15-30-16-39-20)22(21)28(38)36(25)19-8-3-2-4-9-19/h2-17H,1H3,(H2,29,34)(H,32,37)/b12-11+.